The van der Waals surface area contributed by atoms with E-state index in [1.165, 1.54) is 0 Å². The highest BCUT2D eigenvalue weighted by atomic mass is 79.9. The molecule has 0 spiro atoms. The number of alkyl halides is 1. The van der Waals surface area contributed by atoms with Crippen molar-refractivity contribution in [3.63, 3.8) is 0 Å². The van der Waals surface area contributed by atoms with Gasteiger partial charge in [-0.15, -0.1) is 0 Å². The molecule has 2 aliphatic heterocycles. The lowest BCUT2D eigenvalue weighted by molar-refractivity contribution is -0.0728. The van der Waals surface area contributed by atoms with Crippen LogP contribution >= 0.6 is 15.9 Å². The first kappa shape index (κ1) is 10.9. The molecule has 2 saturated heterocycles. The topological polar surface area (TPSA) is 18.5 Å². The number of hydrogen-bond acceptors (Lipinski definition) is 2. The fourth-order valence-corrected chi connectivity index (χ4v) is 3.16. The second-order valence-electron chi connectivity index (χ2n) is 4.88. The highest BCUT2D eigenvalue weighted by Crippen LogP contribution is 2.39. The van der Waals surface area contributed by atoms with Crippen LogP contribution in [0.4, 0.5) is 0 Å². The summed E-state index contributed by atoms with van der Waals surface area (Å²) in [6.07, 6.45) is 3.82. The molecular formula is C11H19BrO2. The van der Waals surface area contributed by atoms with Crippen molar-refractivity contribution in [1.82, 2.24) is 0 Å². The Morgan fingerprint density at radius 2 is 2.00 bits per heavy atom. The summed E-state index contributed by atoms with van der Waals surface area (Å²) < 4.78 is 11.6. The van der Waals surface area contributed by atoms with Crippen molar-refractivity contribution in [3.05, 3.63) is 0 Å². The molecule has 0 saturated carbocycles. The monoisotopic (exact) mass is 262 g/mol. The summed E-state index contributed by atoms with van der Waals surface area (Å²) in [7, 11) is 0. The normalized spacial score (nSPS) is 42.6. The van der Waals surface area contributed by atoms with E-state index in [9.17, 15) is 0 Å². The molecule has 14 heavy (non-hydrogen) atoms. The Balaban J connectivity index is 2.00. The predicted molar refractivity (Wildman–Crippen MR) is 59.8 cm³/mol. The first-order valence-electron chi connectivity index (χ1n) is 5.49. The molecule has 0 radical (unpaired) electrons. The quantitative estimate of drug-likeness (QED) is 0.677. The molecular weight excluding hydrogens is 244 g/mol. The number of hydrogen-bond donors (Lipinski definition) is 0. The molecule has 0 aromatic carbocycles. The number of rotatable bonds is 1. The Bertz CT molecular complexity index is 205. The Hall–Kier alpha value is 0.400. The van der Waals surface area contributed by atoms with Crippen LogP contribution in [0.25, 0.3) is 0 Å². The van der Waals surface area contributed by atoms with Gasteiger partial charge in [-0.25, -0.2) is 0 Å². The molecule has 82 valence electrons. The molecule has 3 unspecified atom stereocenters. The smallest absolute Gasteiger partial charge is 0.0680 e. The standard InChI is InChI=1S/C11H19BrO2/c1-11(2)9(4-6-14-11)10-7-8(12)3-5-13-10/h8-10H,3-7H2,1-2H3. The molecule has 2 heterocycles. The van der Waals surface area contributed by atoms with E-state index >= 15 is 0 Å². The van der Waals surface area contributed by atoms with Crippen LogP contribution in [0.2, 0.25) is 0 Å². The molecule has 3 atom stereocenters. The van der Waals surface area contributed by atoms with Crippen molar-refractivity contribution < 1.29 is 9.47 Å². The summed E-state index contributed by atoms with van der Waals surface area (Å²) >= 11 is 3.69. The highest BCUT2D eigenvalue weighted by Gasteiger charge is 2.42. The molecule has 0 aromatic heterocycles. The zero-order valence-corrected chi connectivity index (χ0v) is 10.5. The highest BCUT2D eigenvalue weighted by molar-refractivity contribution is 9.09. The van der Waals surface area contributed by atoms with E-state index < -0.39 is 0 Å². The summed E-state index contributed by atoms with van der Waals surface area (Å²) in [6, 6.07) is 0. The van der Waals surface area contributed by atoms with Crippen molar-refractivity contribution in [3.8, 4) is 0 Å². The van der Waals surface area contributed by atoms with Gasteiger partial charge in [0.1, 0.15) is 0 Å². The van der Waals surface area contributed by atoms with Crippen LogP contribution in [0, 0.1) is 5.92 Å². The molecule has 3 heteroatoms. The minimum Gasteiger partial charge on any atom is -0.378 e. The molecule has 0 N–H and O–H groups in total. The van der Waals surface area contributed by atoms with Crippen molar-refractivity contribution in [2.75, 3.05) is 13.2 Å². The maximum atomic E-state index is 5.86. The zero-order chi connectivity index (χ0) is 10.2. The van der Waals surface area contributed by atoms with E-state index in [0.29, 0.717) is 16.8 Å². The van der Waals surface area contributed by atoms with Gasteiger partial charge in [-0.1, -0.05) is 15.9 Å². The zero-order valence-electron chi connectivity index (χ0n) is 8.96. The van der Waals surface area contributed by atoms with Gasteiger partial charge in [0.05, 0.1) is 11.7 Å². The minimum atomic E-state index is 0.00866. The summed E-state index contributed by atoms with van der Waals surface area (Å²) in [4.78, 5) is 0.637. The largest absolute Gasteiger partial charge is 0.378 e. The Morgan fingerprint density at radius 3 is 2.57 bits per heavy atom. The van der Waals surface area contributed by atoms with Gasteiger partial charge in [0.2, 0.25) is 0 Å². The summed E-state index contributed by atoms with van der Waals surface area (Å²) in [5.74, 6) is 0.572. The third kappa shape index (κ3) is 2.15. The number of halogens is 1. The number of ether oxygens (including phenoxy) is 2. The van der Waals surface area contributed by atoms with Crippen LogP contribution in [0.3, 0.4) is 0 Å². The van der Waals surface area contributed by atoms with Gasteiger partial charge in [-0.05, 0) is 33.1 Å². The Labute approximate surface area is 94.5 Å². The van der Waals surface area contributed by atoms with Crippen LogP contribution in [-0.4, -0.2) is 29.7 Å². The van der Waals surface area contributed by atoms with Gasteiger partial charge >= 0.3 is 0 Å². The molecule has 2 aliphatic rings. The van der Waals surface area contributed by atoms with E-state index in [2.05, 4.69) is 29.8 Å². The summed E-state index contributed by atoms with van der Waals surface area (Å²) in [5.41, 5.74) is 0.00866. The van der Waals surface area contributed by atoms with Gasteiger partial charge in [-0.3, -0.25) is 0 Å². The lowest BCUT2D eigenvalue weighted by Crippen LogP contribution is -2.41. The average molecular weight is 263 g/mol. The van der Waals surface area contributed by atoms with Gasteiger partial charge in [-0.2, -0.15) is 0 Å². The fourth-order valence-electron chi connectivity index (χ4n) is 2.60. The van der Waals surface area contributed by atoms with E-state index in [1.807, 2.05) is 0 Å². The summed E-state index contributed by atoms with van der Waals surface area (Å²) in [5, 5.41) is 0. The minimum absolute atomic E-state index is 0.00866. The maximum Gasteiger partial charge on any atom is 0.0680 e. The molecule has 0 bridgehead atoms. The fraction of sp³-hybridized carbons (Fsp3) is 1.00. The van der Waals surface area contributed by atoms with Crippen LogP contribution < -0.4 is 0 Å². The van der Waals surface area contributed by atoms with E-state index in [1.54, 1.807) is 0 Å². The molecule has 2 fully saturated rings. The van der Waals surface area contributed by atoms with Gasteiger partial charge in [0, 0.05) is 24.0 Å². The molecule has 0 aliphatic carbocycles. The Morgan fingerprint density at radius 1 is 1.21 bits per heavy atom. The average Bonchev–Trinajstić information content (AvgIpc) is 2.45. The van der Waals surface area contributed by atoms with E-state index in [-0.39, 0.29) is 5.60 Å². The summed E-state index contributed by atoms with van der Waals surface area (Å²) in [6.45, 7) is 6.16. The van der Waals surface area contributed by atoms with Crippen molar-refractivity contribution >= 4 is 15.9 Å². The lowest BCUT2D eigenvalue weighted by Gasteiger charge is -2.36. The van der Waals surface area contributed by atoms with Crippen LogP contribution in [0.1, 0.15) is 33.1 Å². The van der Waals surface area contributed by atoms with Crippen LogP contribution in [-0.2, 0) is 9.47 Å². The van der Waals surface area contributed by atoms with Crippen molar-refractivity contribution in [2.24, 2.45) is 5.92 Å². The van der Waals surface area contributed by atoms with E-state index in [4.69, 9.17) is 9.47 Å². The van der Waals surface area contributed by atoms with Crippen molar-refractivity contribution in [2.45, 2.75) is 49.6 Å². The van der Waals surface area contributed by atoms with Crippen LogP contribution in [0.15, 0.2) is 0 Å². The molecule has 2 nitrogen and oxygen atoms in total. The SMILES string of the molecule is CC1(C)OCCC1C1CC(Br)CCO1. The molecule has 2 rings (SSSR count). The maximum absolute atomic E-state index is 5.86. The van der Waals surface area contributed by atoms with Crippen LogP contribution in [0.5, 0.6) is 0 Å². The second-order valence-corrected chi connectivity index (χ2v) is 6.17. The first-order valence-corrected chi connectivity index (χ1v) is 6.41. The molecule has 0 amide bonds. The van der Waals surface area contributed by atoms with E-state index in [0.717, 1.165) is 32.5 Å². The second kappa shape index (κ2) is 4.11. The predicted octanol–water partition coefficient (Wildman–Crippen LogP) is 2.74. The lowest BCUT2D eigenvalue weighted by atomic mass is 9.83. The van der Waals surface area contributed by atoms with Crippen molar-refractivity contribution in [1.29, 1.82) is 0 Å². The molecule has 0 aromatic rings. The van der Waals surface area contributed by atoms with Gasteiger partial charge in [0.15, 0.2) is 0 Å². The third-order valence-corrected chi connectivity index (χ3v) is 4.33. The van der Waals surface area contributed by atoms with Gasteiger partial charge in [0.25, 0.3) is 0 Å². The third-order valence-electron chi connectivity index (χ3n) is 3.50. The van der Waals surface area contributed by atoms with Gasteiger partial charge < -0.3 is 9.47 Å². The Kier molecular flexibility index (Phi) is 3.20. The first-order chi connectivity index (χ1) is 6.59.